The summed E-state index contributed by atoms with van der Waals surface area (Å²) in [7, 11) is 1.53. The van der Waals surface area contributed by atoms with Crippen LogP contribution in [0.1, 0.15) is 33.1 Å². The first-order valence-corrected chi connectivity index (χ1v) is 9.54. The normalized spacial score (nSPS) is 10.7. The third-order valence-electron chi connectivity index (χ3n) is 4.80. The van der Waals surface area contributed by atoms with E-state index in [-0.39, 0.29) is 19.0 Å². The number of aromatic nitrogens is 1. The molecule has 30 heavy (non-hydrogen) atoms. The number of carbonyl (C=O) groups excluding carboxylic acids is 2. The van der Waals surface area contributed by atoms with Gasteiger partial charge in [0.05, 0.1) is 19.9 Å². The van der Waals surface area contributed by atoms with E-state index in [1.54, 1.807) is 18.4 Å². The summed E-state index contributed by atoms with van der Waals surface area (Å²) in [6.07, 6.45) is 1.61. The Labute approximate surface area is 175 Å². The largest absolute Gasteiger partial charge is 0.493 e. The van der Waals surface area contributed by atoms with E-state index >= 15 is 0 Å². The maximum Gasteiger partial charge on any atom is 0.344 e. The van der Waals surface area contributed by atoms with Gasteiger partial charge in [-0.2, -0.15) is 0 Å². The molecule has 0 aliphatic heterocycles. The molecule has 0 atom stereocenters. The molecule has 1 aromatic carbocycles. The molecule has 2 heterocycles. The van der Waals surface area contributed by atoms with Gasteiger partial charge in [-0.1, -0.05) is 6.07 Å². The zero-order chi connectivity index (χ0) is 21.7. The molecule has 0 spiro atoms. The van der Waals surface area contributed by atoms with Gasteiger partial charge in [-0.05, 0) is 56.7 Å². The van der Waals surface area contributed by atoms with Crippen molar-refractivity contribution in [3.8, 4) is 11.5 Å². The minimum atomic E-state index is -0.629. The van der Waals surface area contributed by atoms with Crippen LogP contribution >= 0.6 is 0 Å². The van der Waals surface area contributed by atoms with Crippen LogP contribution in [0.3, 0.4) is 0 Å². The van der Waals surface area contributed by atoms with Gasteiger partial charge in [-0.25, -0.2) is 4.79 Å². The van der Waals surface area contributed by atoms with Crippen LogP contribution in [0.5, 0.6) is 11.5 Å². The van der Waals surface area contributed by atoms with Gasteiger partial charge in [0.1, 0.15) is 5.76 Å². The second-order valence-electron chi connectivity index (χ2n) is 6.98. The average molecular weight is 411 g/mol. The van der Waals surface area contributed by atoms with E-state index in [9.17, 15) is 9.59 Å². The smallest absolute Gasteiger partial charge is 0.344 e. The van der Waals surface area contributed by atoms with Crippen molar-refractivity contribution in [3.05, 3.63) is 70.9 Å². The zero-order valence-electron chi connectivity index (χ0n) is 17.6. The Kier molecular flexibility index (Phi) is 6.61. The summed E-state index contributed by atoms with van der Waals surface area (Å²) < 4.78 is 23.2. The van der Waals surface area contributed by atoms with E-state index in [0.29, 0.717) is 23.6 Å². The maximum absolute atomic E-state index is 12.6. The predicted molar refractivity (Wildman–Crippen MR) is 110 cm³/mol. The molecule has 0 amide bonds. The first kappa shape index (κ1) is 21.2. The molecule has 0 radical (unpaired) electrons. The number of Topliss-reactive ketones (excluding diaryl/α,β-unsaturated/α-hetero) is 1. The number of hydrogen-bond acceptors (Lipinski definition) is 6. The molecule has 2 aromatic heterocycles. The van der Waals surface area contributed by atoms with E-state index < -0.39 is 5.97 Å². The monoisotopic (exact) mass is 411 g/mol. The van der Waals surface area contributed by atoms with Crippen molar-refractivity contribution in [1.82, 2.24) is 4.57 Å². The van der Waals surface area contributed by atoms with Crippen LogP contribution < -0.4 is 9.47 Å². The number of ether oxygens (including phenoxy) is 3. The van der Waals surface area contributed by atoms with Gasteiger partial charge in [0.2, 0.25) is 5.78 Å². The van der Waals surface area contributed by atoms with Gasteiger partial charge < -0.3 is 23.2 Å². The molecule has 0 fully saturated rings. The molecule has 3 aromatic rings. The minimum absolute atomic E-state index is 0.268. The lowest BCUT2D eigenvalue weighted by Gasteiger charge is -2.11. The van der Waals surface area contributed by atoms with Crippen LogP contribution in [0.4, 0.5) is 0 Å². The number of furan rings is 1. The number of methoxy groups -OCH3 is 1. The van der Waals surface area contributed by atoms with Crippen LogP contribution in [0, 0.1) is 20.8 Å². The lowest BCUT2D eigenvalue weighted by Crippen LogP contribution is -2.20. The number of carbonyl (C=O) groups is 2. The van der Waals surface area contributed by atoms with E-state index in [4.69, 9.17) is 18.6 Å². The molecule has 0 bridgehead atoms. The van der Waals surface area contributed by atoms with Gasteiger partial charge in [0.25, 0.3) is 0 Å². The number of ketones is 1. The van der Waals surface area contributed by atoms with Crippen LogP contribution in [-0.2, 0) is 16.1 Å². The number of hydrogen-bond donors (Lipinski definition) is 0. The van der Waals surface area contributed by atoms with Crippen molar-refractivity contribution in [2.75, 3.05) is 20.3 Å². The van der Waals surface area contributed by atoms with E-state index in [1.165, 1.54) is 7.11 Å². The van der Waals surface area contributed by atoms with Gasteiger partial charge in [0, 0.05) is 17.0 Å². The SMILES string of the molecule is COc1cc(C)ccc1OCC(=O)OCC(=O)c1cc(C)n(Cc2ccco2)c1C. The fourth-order valence-corrected chi connectivity index (χ4v) is 3.18. The van der Waals surface area contributed by atoms with Crippen molar-refractivity contribution >= 4 is 11.8 Å². The Morgan fingerprint density at radius 3 is 2.53 bits per heavy atom. The van der Waals surface area contributed by atoms with E-state index in [1.807, 2.05) is 49.6 Å². The van der Waals surface area contributed by atoms with Gasteiger partial charge >= 0.3 is 5.97 Å². The number of benzene rings is 1. The highest BCUT2D eigenvalue weighted by molar-refractivity contribution is 5.99. The fourth-order valence-electron chi connectivity index (χ4n) is 3.18. The van der Waals surface area contributed by atoms with E-state index in [0.717, 1.165) is 22.7 Å². The summed E-state index contributed by atoms with van der Waals surface area (Å²) in [5.74, 6) is 0.868. The zero-order valence-corrected chi connectivity index (χ0v) is 17.6. The predicted octanol–water partition coefficient (Wildman–Crippen LogP) is 3.87. The molecule has 3 rings (SSSR count). The third-order valence-corrected chi connectivity index (χ3v) is 4.80. The van der Waals surface area contributed by atoms with Gasteiger partial charge in [-0.15, -0.1) is 0 Å². The highest BCUT2D eigenvalue weighted by atomic mass is 16.6. The Hall–Kier alpha value is -3.48. The Bertz CT molecular complexity index is 1030. The lowest BCUT2D eigenvalue weighted by atomic mass is 10.1. The summed E-state index contributed by atoms with van der Waals surface area (Å²) in [4.78, 5) is 24.6. The van der Waals surface area contributed by atoms with Crippen molar-refractivity contribution in [3.63, 3.8) is 0 Å². The standard InChI is InChI=1S/C23H25NO6/c1-15-7-8-21(22(10-15)27-4)29-14-23(26)30-13-20(25)19-11-16(2)24(17(19)3)12-18-6-5-9-28-18/h5-11H,12-14H2,1-4H3. The summed E-state index contributed by atoms with van der Waals surface area (Å²) in [5.41, 5.74) is 3.25. The summed E-state index contributed by atoms with van der Waals surface area (Å²) in [5, 5.41) is 0. The average Bonchev–Trinajstić information content (AvgIpc) is 3.34. The molecule has 158 valence electrons. The molecular formula is C23H25NO6. The highest BCUT2D eigenvalue weighted by Crippen LogP contribution is 2.27. The van der Waals surface area contributed by atoms with E-state index in [2.05, 4.69) is 0 Å². The van der Waals surface area contributed by atoms with Crippen LogP contribution in [0.25, 0.3) is 0 Å². The Morgan fingerprint density at radius 2 is 1.83 bits per heavy atom. The molecular weight excluding hydrogens is 386 g/mol. The molecule has 0 saturated heterocycles. The molecule has 0 N–H and O–H groups in total. The first-order valence-electron chi connectivity index (χ1n) is 9.54. The fraction of sp³-hybridized carbons (Fsp3) is 0.304. The van der Waals surface area contributed by atoms with Gasteiger partial charge in [0.15, 0.2) is 24.7 Å². The summed E-state index contributed by atoms with van der Waals surface area (Å²) >= 11 is 0. The molecule has 7 heteroatoms. The Balaban J connectivity index is 1.56. The number of aryl methyl sites for hydroxylation is 2. The molecule has 0 saturated carbocycles. The number of esters is 1. The van der Waals surface area contributed by atoms with Crippen LogP contribution in [-0.4, -0.2) is 36.6 Å². The first-order chi connectivity index (χ1) is 14.4. The second-order valence-corrected chi connectivity index (χ2v) is 6.98. The quantitative estimate of drug-likeness (QED) is 0.393. The number of nitrogens with zero attached hydrogens (tertiary/aromatic N) is 1. The topological polar surface area (TPSA) is 79.9 Å². The lowest BCUT2D eigenvalue weighted by molar-refractivity contribution is -0.144. The maximum atomic E-state index is 12.6. The summed E-state index contributed by atoms with van der Waals surface area (Å²) in [6.45, 7) is 5.57. The molecule has 0 aliphatic carbocycles. The van der Waals surface area contributed by atoms with Crippen LogP contribution in [0.2, 0.25) is 0 Å². The minimum Gasteiger partial charge on any atom is -0.493 e. The van der Waals surface area contributed by atoms with Crippen LogP contribution in [0.15, 0.2) is 47.1 Å². The highest BCUT2D eigenvalue weighted by Gasteiger charge is 2.18. The van der Waals surface area contributed by atoms with Crippen molar-refractivity contribution in [1.29, 1.82) is 0 Å². The molecule has 0 aliphatic rings. The van der Waals surface area contributed by atoms with Gasteiger partial charge in [-0.3, -0.25) is 4.79 Å². The van der Waals surface area contributed by atoms with Crippen molar-refractivity contribution < 1.29 is 28.2 Å². The molecule has 7 nitrogen and oxygen atoms in total. The Morgan fingerprint density at radius 1 is 1.03 bits per heavy atom. The molecule has 0 unspecified atom stereocenters. The van der Waals surface area contributed by atoms with Crippen molar-refractivity contribution in [2.24, 2.45) is 0 Å². The number of rotatable bonds is 9. The van der Waals surface area contributed by atoms with Crippen molar-refractivity contribution in [2.45, 2.75) is 27.3 Å². The third kappa shape index (κ3) is 4.92. The summed E-state index contributed by atoms with van der Waals surface area (Å²) in [6, 6.07) is 10.9. The second kappa shape index (κ2) is 9.35.